The molecule has 0 unspecified atom stereocenters. The Morgan fingerprint density at radius 2 is 1.58 bits per heavy atom. The van der Waals surface area contributed by atoms with Gasteiger partial charge in [0.25, 0.3) is 0 Å². The van der Waals surface area contributed by atoms with E-state index in [0.29, 0.717) is 28.8 Å². The van der Waals surface area contributed by atoms with E-state index in [9.17, 15) is 4.79 Å². The van der Waals surface area contributed by atoms with Crippen molar-refractivity contribution in [3.05, 3.63) is 98.9 Å². The monoisotopic (exact) mass is 436 g/mol. The summed E-state index contributed by atoms with van der Waals surface area (Å²) in [5.41, 5.74) is 3.20. The minimum Gasteiger partial charge on any atom is -0.489 e. The Bertz CT molecular complexity index is 1250. The van der Waals surface area contributed by atoms with E-state index >= 15 is 0 Å². The molecule has 0 N–H and O–H groups in total. The number of benzene rings is 3. The highest BCUT2D eigenvalue weighted by molar-refractivity contribution is 6.30. The molecule has 7 nitrogen and oxygen atoms in total. The molecular formula is C23H21ClN4O3. The van der Waals surface area contributed by atoms with E-state index in [1.54, 1.807) is 7.05 Å². The third kappa shape index (κ3) is 4.78. The summed E-state index contributed by atoms with van der Waals surface area (Å²) < 4.78 is 14.4. The van der Waals surface area contributed by atoms with Crippen LogP contribution in [-0.2, 0) is 20.3 Å². The average Bonchev–Trinajstić information content (AvgIpc) is 3.11. The second kappa shape index (κ2) is 9.06. The van der Waals surface area contributed by atoms with Gasteiger partial charge in [0.15, 0.2) is 0 Å². The summed E-state index contributed by atoms with van der Waals surface area (Å²) in [6.45, 7) is 2.67. The first-order valence-electron chi connectivity index (χ1n) is 9.69. The van der Waals surface area contributed by atoms with E-state index in [0.717, 1.165) is 16.7 Å². The maximum atomic E-state index is 12.3. The Labute approximate surface area is 184 Å². The molecule has 0 aliphatic carbocycles. The summed E-state index contributed by atoms with van der Waals surface area (Å²) in [6.07, 6.45) is 0. The quantitative estimate of drug-likeness (QED) is 0.436. The van der Waals surface area contributed by atoms with Gasteiger partial charge in [-0.2, -0.15) is 9.36 Å². The summed E-state index contributed by atoms with van der Waals surface area (Å²) >= 11 is 5.92. The largest absolute Gasteiger partial charge is 0.489 e. The summed E-state index contributed by atoms with van der Waals surface area (Å²) in [5, 5.41) is 8.44. The van der Waals surface area contributed by atoms with Crippen LogP contribution in [0.4, 0.5) is 0 Å². The number of ether oxygens (including phenoxy) is 2. The van der Waals surface area contributed by atoms with Gasteiger partial charge in [0.05, 0.1) is 5.69 Å². The maximum absolute atomic E-state index is 12.3. The molecule has 0 fully saturated rings. The maximum Gasteiger partial charge on any atom is 0.368 e. The lowest BCUT2D eigenvalue weighted by Crippen LogP contribution is -2.23. The molecule has 158 valence electrons. The third-order valence-corrected chi connectivity index (χ3v) is 5.09. The molecule has 0 spiro atoms. The minimum atomic E-state index is -0.315. The van der Waals surface area contributed by atoms with E-state index in [-0.39, 0.29) is 12.3 Å². The Morgan fingerprint density at radius 1 is 0.903 bits per heavy atom. The van der Waals surface area contributed by atoms with Crippen molar-refractivity contribution in [3.63, 3.8) is 0 Å². The van der Waals surface area contributed by atoms with Crippen LogP contribution in [-0.4, -0.2) is 19.8 Å². The molecule has 0 amide bonds. The highest BCUT2D eigenvalue weighted by atomic mass is 35.5. The number of halogens is 1. The summed E-state index contributed by atoms with van der Waals surface area (Å²) in [6, 6.07) is 20.6. The van der Waals surface area contributed by atoms with Crippen LogP contribution in [0.25, 0.3) is 5.69 Å². The van der Waals surface area contributed by atoms with Gasteiger partial charge in [-0.25, -0.2) is 4.79 Å². The summed E-state index contributed by atoms with van der Waals surface area (Å²) in [4.78, 5) is 12.3. The van der Waals surface area contributed by atoms with Gasteiger partial charge in [0.1, 0.15) is 24.7 Å². The molecule has 1 heterocycles. The van der Waals surface area contributed by atoms with E-state index in [4.69, 9.17) is 21.1 Å². The molecule has 0 aliphatic heterocycles. The Morgan fingerprint density at radius 3 is 2.26 bits per heavy atom. The third-order valence-electron chi connectivity index (χ3n) is 4.84. The minimum absolute atomic E-state index is 0.270. The van der Waals surface area contributed by atoms with E-state index < -0.39 is 0 Å². The fourth-order valence-electron chi connectivity index (χ4n) is 3.09. The van der Waals surface area contributed by atoms with Crippen LogP contribution in [0.3, 0.4) is 0 Å². The van der Waals surface area contributed by atoms with Crippen molar-refractivity contribution in [2.24, 2.45) is 7.05 Å². The summed E-state index contributed by atoms with van der Waals surface area (Å²) in [5.74, 6) is 1.36. The highest BCUT2D eigenvalue weighted by Crippen LogP contribution is 2.24. The Kier molecular flexibility index (Phi) is 6.04. The van der Waals surface area contributed by atoms with Crippen LogP contribution in [0.1, 0.15) is 16.7 Å². The van der Waals surface area contributed by atoms with Gasteiger partial charge in [-0.05, 0) is 58.8 Å². The predicted molar refractivity (Wildman–Crippen MR) is 118 cm³/mol. The lowest BCUT2D eigenvalue weighted by Gasteiger charge is -2.14. The van der Waals surface area contributed by atoms with Crippen LogP contribution in [0.5, 0.6) is 11.5 Å². The number of hydrogen-bond donors (Lipinski definition) is 0. The number of tetrazole rings is 1. The van der Waals surface area contributed by atoms with Crippen molar-refractivity contribution in [2.45, 2.75) is 20.1 Å². The van der Waals surface area contributed by atoms with Crippen LogP contribution in [0, 0.1) is 6.92 Å². The molecule has 1 aromatic heterocycles. The van der Waals surface area contributed by atoms with Crippen molar-refractivity contribution in [3.8, 4) is 17.2 Å². The normalized spacial score (nSPS) is 10.8. The highest BCUT2D eigenvalue weighted by Gasteiger charge is 2.13. The lowest BCUT2D eigenvalue weighted by molar-refractivity contribution is 0.289. The number of hydrogen-bond acceptors (Lipinski definition) is 5. The number of aryl methyl sites for hydroxylation is 2. The zero-order chi connectivity index (χ0) is 21.8. The first kappa shape index (κ1) is 20.7. The summed E-state index contributed by atoms with van der Waals surface area (Å²) in [7, 11) is 1.56. The topological polar surface area (TPSA) is 71.2 Å². The number of rotatable bonds is 7. The Hall–Kier alpha value is -3.58. The van der Waals surface area contributed by atoms with Crippen LogP contribution in [0.15, 0.2) is 71.5 Å². The van der Waals surface area contributed by atoms with Crippen molar-refractivity contribution in [1.82, 2.24) is 19.8 Å². The fourth-order valence-corrected chi connectivity index (χ4v) is 3.22. The van der Waals surface area contributed by atoms with Crippen molar-refractivity contribution in [1.29, 1.82) is 0 Å². The molecule has 3 aromatic carbocycles. The lowest BCUT2D eigenvalue weighted by atomic mass is 10.1. The first-order chi connectivity index (χ1) is 15.0. The molecule has 4 rings (SSSR count). The molecule has 8 heteroatoms. The molecule has 0 bridgehead atoms. The smallest absolute Gasteiger partial charge is 0.368 e. The molecule has 0 aliphatic rings. The standard InChI is InChI=1S/C23H21ClN4O3/c1-16-5-3-8-22(28-23(29)27(2)25-26-28)21(16)15-31-20-7-4-6-19(13-20)30-14-17-9-11-18(24)12-10-17/h3-13H,14-15H2,1-2H3. The number of aromatic nitrogens is 4. The van der Waals surface area contributed by atoms with E-state index in [1.807, 2.05) is 73.7 Å². The van der Waals surface area contributed by atoms with Crippen LogP contribution in [0.2, 0.25) is 5.02 Å². The van der Waals surface area contributed by atoms with E-state index in [1.165, 1.54) is 9.36 Å². The zero-order valence-corrected chi connectivity index (χ0v) is 17.9. The van der Waals surface area contributed by atoms with Gasteiger partial charge in [-0.1, -0.05) is 41.9 Å². The molecule has 0 saturated carbocycles. The van der Waals surface area contributed by atoms with Crippen molar-refractivity contribution in [2.75, 3.05) is 0 Å². The molecule has 31 heavy (non-hydrogen) atoms. The van der Waals surface area contributed by atoms with Gasteiger partial charge in [0, 0.05) is 23.7 Å². The molecule has 0 atom stereocenters. The van der Waals surface area contributed by atoms with Crippen molar-refractivity contribution < 1.29 is 9.47 Å². The first-order valence-corrected chi connectivity index (χ1v) is 10.1. The van der Waals surface area contributed by atoms with Gasteiger partial charge < -0.3 is 9.47 Å². The average molecular weight is 437 g/mol. The van der Waals surface area contributed by atoms with Gasteiger partial charge >= 0.3 is 5.69 Å². The predicted octanol–water partition coefficient (Wildman–Crippen LogP) is 4.09. The van der Waals surface area contributed by atoms with Crippen LogP contribution >= 0.6 is 11.6 Å². The molecule has 0 saturated heterocycles. The van der Waals surface area contributed by atoms with Gasteiger partial charge in [-0.15, -0.1) is 0 Å². The zero-order valence-electron chi connectivity index (χ0n) is 17.2. The second-order valence-corrected chi connectivity index (χ2v) is 7.48. The van der Waals surface area contributed by atoms with Crippen LogP contribution < -0.4 is 15.2 Å². The molecular weight excluding hydrogens is 416 g/mol. The molecule has 4 aromatic rings. The fraction of sp³-hybridized carbons (Fsp3) is 0.174. The van der Waals surface area contributed by atoms with Gasteiger partial charge in [0.2, 0.25) is 0 Å². The SMILES string of the molecule is Cc1cccc(-n2nnn(C)c2=O)c1COc1cccc(OCc2ccc(Cl)cc2)c1. The molecule has 0 radical (unpaired) electrons. The Balaban J connectivity index is 1.49. The van der Waals surface area contributed by atoms with Gasteiger partial charge in [-0.3, -0.25) is 0 Å². The van der Waals surface area contributed by atoms with E-state index in [2.05, 4.69) is 10.4 Å². The number of nitrogens with zero attached hydrogens (tertiary/aromatic N) is 4. The van der Waals surface area contributed by atoms with Crippen molar-refractivity contribution >= 4 is 11.6 Å². The second-order valence-electron chi connectivity index (χ2n) is 7.05.